The number of ether oxygens (including phenoxy) is 5. The summed E-state index contributed by atoms with van der Waals surface area (Å²) in [5, 5.41) is 25.1. The van der Waals surface area contributed by atoms with Crippen LogP contribution in [0.3, 0.4) is 0 Å². The molecule has 0 bridgehead atoms. The summed E-state index contributed by atoms with van der Waals surface area (Å²) in [5.74, 6) is -1.10. The number of carbonyl (C=O) groups is 2. The number of nitrogens with one attached hydrogen (secondary N) is 1. The zero-order chi connectivity index (χ0) is 31.9. The highest BCUT2D eigenvalue weighted by Crippen LogP contribution is 2.40. The van der Waals surface area contributed by atoms with E-state index in [0.717, 1.165) is 18.5 Å². The molecular formula is C33H53NO9. The van der Waals surface area contributed by atoms with Gasteiger partial charge < -0.3 is 39.2 Å². The van der Waals surface area contributed by atoms with Crippen LogP contribution in [0.4, 0.5) is 0 Å². The summed E-state index contributed by atoms with van der Waals surface area (Å²) in [6.45, 7) is 14.3. The van der Waals surface area contributed by atoms with Crippen LogP contribution in [-0.2, 0) is 33.3 Å². The molecule has 3 rings (SSSR count). The molecule has 43 heavy (non-hydrogen) atoms. The number of hydrogen-bond acceptors (Lipinski definition) is 10. The molecule has 10 nitrogen and oxygen atoms in total. The van der Waals surface area contributed by atoms with Crippen LogP contribution in [0.2, 0.25) is 0 Å². The van der Waals surface area contributed by atoms with E-state index >= 15 is 0 Å². The summed E-state index contributed by atoms with van der Waals surface area (Å²) in [7, 11) is 1.74. The molecule has 2 fully saturated rings. The number of epoxide rings is 1. The lowest BCUT2D eigenvalue weighted by Gasteiger charge is -2.39. The van der Waals surface area contributed by atoms with E-state index < -0.39 is 41.5 Å². The van der Waals surface area contributed by atoms with E-state index in [1.807, 2.05) is 39.0 Å². The summed E-state index contributed by atoms with van der Waals surface area (Å²) in [5.41, 5.74) is -1.25. The standard InChI is InChI=1S/C33H53NO9/c1-9-25(39-8)22(4)29-30(43-29)31-33(7,40-18-17-34-31)15-10-11-20(2)28-21(3)12-13-26(41-23(5)35)32(6,38)16-14-24(36)19-27(37)42-28/h10-13,15,21-22,24-26,28-31,34,36,38H,9,14,16-19H2,1-8H3/b13-12+,15-10+,20-11+/t21-,22+,24+,25-,26-,28-,29+,30+,31?,32+,33?/m0/s1. The largest absolute Gasteiger partial charge is 0.457 e. The van der Waals surface area contributed by atoms with Crippen molar-refractivity contribution in [3.63, 3.8) is 0 Å². The second-order valence-corrected chi connectivity index (χ2v) is 12.8. The molecule has 0 radical (unpaired) electrons. The molecule has 0 aliphatic carbocycles. The predicted octanol–water partition coefficient (Wildman–Crippen LogP) is 3.40. The SMILES string of the molecule is CC[C@H](OC)[C@@H](C)[C@H]1O[C@H]1C1NCCOC1(C)/C=C/C=C(\C)[C@@H]1OC(=O)C[C@H](O)CC[C@@](C)(O)[C@@H](OC(C)=O)/C=C/[C@@H]1C. The first kappa shape index (κ1) is 35.4. The van der Waals surface area contributed by atoms with Crippen LogP contribution in [-0.4, -0.2) is 96.3 Å². The molecule has 2 unspecified atom stereocenters. The Morgan fingerprint density at radius 2 is 2.00 bits per heavy atom. The molecule has 2 saturated heterocycles. The van der Waals surface area contributed by atoms with Gasteiger partial charge >= 0.3 is 11.9 Å². The molecule has 0 aromatic carbocycles. The Kier molecular flexibility index (Phi) is 12.6. The van der Waals surface area contributed by atoms with Crippen molar-refractivity contribution in [2.24, 2.45) is 11.8 Å². The predicted molar refractivity (Wildman–Crippen MR) is 162 cm³/mol. The highest BCUT2D eigenvalue weighted by Gasteiger charge is 2.55. The fourth-order valence-electron chi connectivity index (χ4n) is 6.28. The van der Waals surface area contributed by atoms with E-state index in [-0.39, 0.29) is 55.5 Å². The summed E-state index contributed by atoms with van der Waals surface area (Å²) in [6.07, 6.45) is 7.93. The van der Waals surface area contributed by atoms with Crippen molar-refractivity contribution >= 4 is 11.9 Å². The highest BCUT2D eigenvalue weighted by molar-refractivity contribution is 5.70. The minimum atomic E-state index is -1.42. The molecule has 0 spiro atoms. The zero-order valence-corrected chi connectivity index (χ0v) is 27.1. The Hall–Kier alpha value is -2.08. The van der Waals surface area contributed by atoms with Gasteiger partial charge in [-0.25, -0.2) is 0 Å². The molecule has 0 saturated carbocycles. The molecule has 11 atom stereocenters. The molecule has 10 heteroatoms. The van der Waals surface area contributed by atoms with Crippen LogP contribution in [0.1, 0.15) is 74.1 Å². The van der Waals surface area contributed by atoms with Gasteiger partial charge in [-0.05, 0) is 51.7 Å². The lowest BCUT2D eigenvalue weighted by atomic mass is 9.86. The van der Waals surface area contributed by atoms with E-state index in [4.69, 9.17) is 23.7 Å². The molecular weight excluding hydrogens is 554 g/mol. The van der Waals surface area contributed by atoms with Crippen molar-refractivity contribution < 1.29 is 43.5 Å². The maximum atomic E-state index is 12.8. The van der Waals surface area contributed by atoms with Crippen LogP contribution in [0, 0.1) is 11.8 Å². The summed E-state index contributed by atoms with van der Waals surface area (Å²) in [4.78, 5) is 24.5. The molecule has 0 amide bonds. The number of methoxy groups -OCH3 is 1. The molecule has 3 aliphatic heterocycles. The number of rotatable bonds is 9. The van der Waals surface area contributed by atoms with Gasteiger partial charge in [-0.1, -0.05) is 45.1 Å². The van der Waals surface area contributed by atoms with Gasteiger partial charge in [0.1, 0.15) is 29.5 Å². The van der Waals surface area contributed by atoms with Gasteiger partial charge in [0.05, 0.1) is 37.4 Å². The van der Waals surface area contributed by atoms with Gasteiger partial charge in [-0.2, -0.15) is 0 Å². The van der Waals surface area contributed by atoms with Crippen molar-refractivity contribution in [3.8, 4) is 0 Å². The summed E-state index contributed by atoms with van der Waals surface area (Å²) >= 11 is 0. The number of hydrogen-bond donors (Lipinski definition) is 3. The number of morpholine rings is 1. The minimum Gasteiger partial charge on any atom is -0.457 e. The number of aliphatic hydroxyl groups is 2. The first-order valence-corrected chi connectivity index (χ1v) is 15.6. The lowest BCUT2D eigenvalue weighted by Crippen LogP contribution is -2.58. The van der Waals surface area contributed by atoms with Gasteiger partial charge in [0.15, 0.2) is 0 Å². The first-order valence-electron chi connectivity index (χ1n) is 15.6. The van der Waals surface area contributed by atoms with Gasteiger partial charge in [-0.15, -0.1) is 0 Å². The molecule has 3 heterocycles. The van der Waals surface area contributed by atoms with E-state index in [2.05, 4.69) is 19.2 Å². The molecule has 244 valence electrons. The normalized spacial score (nSPS) is 40.1. The second-order valence-electron chi connectivity index (χ2n) is 12.8. The molecule has 0 aromatic heterocycles. The van der Waals surface area contributed by atoms with Crippen LogP contribution < -0.4 is 5.32 Å². The Morgan fingerprint density at radius 1 is 1.28 bits per heavy atom. The van der Waals surface area contributed by atoms with Crippen molar-refractivity contribution in [2.45, 2.75) is 128 Å². The quantitative estimate of drug-likeness (QED) is 0.155. The molecule has 3 N–H and O–H groups in total. The average molecular weight is 608 g/mol. The van der Waals surface area contributed by atoms with Gasteiger partial charge in [0, 0.05) is 32.4 Å². The van der Waals surface area contributed by atoms with Crippen molar-refractivity contribution in [1.82, 2.24) is 5.32 Å². The van der Waals surface area contributed by atoms with E-state index in [1.165, 1.54) is 6.92 Å². The topological polar surface area (TPSA) is 136 Å². The van der Waals surface area contributed by atoms with E-state index in [0.29, 0.717) is 6.61 Å². The van der Waals surface area contributed by atoms with Gasteiger partial charge in [0.25, 0.3) is 0 Å². The third kappa shape index (κ3) is 9.45. The maximum Gasteiger partial charge on any atom is 0.309 e. The van der Waals surface area contributed by atoms with Crippen LogP contribution >= 0.6 is 0 Å². The van der Waals surface area contributed by atoms with Gasteiger partial charge in [0.2, 0.25) is 0 Å². The number of aliphatic hydroxyl groups excluding tert-OH is 1. The van der Waals surface area contributed by atoms with E-state index in [9.17, 15) is 19.8 Å². The fourth-order valence-corrected chi connectivity index (χ4v) is 6.28. The maximum absolute atomic E-state index is 12.8. The van der Waals surface area contributed by atoms with Crippen molar-refractivity contribution in [2.75, 3.05) is 20.3 Å². The smallest absolute Gasteiger partial charge is 0.309 e. The first-order chi connectivity index (χ1) is 20.2. The number of esters is 2. The minimum absolute atomic E-state index is 0.00505. The zero-order valence-electron chi connectivity index (χ0n) is 27.1. The van der Waals surface area contributed by atoms with E-state index in [1.54, 1.807) is 26.2 Å². The lowest BCUT2D eigenvalue weighted by molar-refractivity contribution is -0.157. The highest BCUT2D eigenvalue weighted by atomic mass is 16.6. The number of carbonyl (C=O) groups excluding carboxylic acids is 2. The fraction of sp³-hybridized carbons (Fsp3) is 0.758. The molecule has 3 aliphatic rings. The Bertz CT molecular complexity index is 1040. The Morgan fingerprint density at radius 3 is 2.65 bits per heavy atom. The molecule has 0 aromatic rings. The van der Waals surface area contributed by atoms with Gasteiger partial charge in [-0.3, -0.25) is 9.59 Å². The summed E-state index contributed by atoms with van der Waals surface area (Å²) in [6, 6.07) is -0.0402. The van der Waals surface area contributed by atoms with Crippen LogP contribution in [0.15, 0.2) is 36.0 Å². The number of allylic oxidation sites excluding steroid dienone is 2. The third-order valence-electron chi connectivity index (χ3n) is 9.05. The van der Waals surface area contributed by atoms with Crippen LogP contribution in [0.25, 0.3) is 0 Å². The Labute approximate surface area is 256 Å². The number of cyclic esters (lactones) is 1. The van der Waals surface area contributed by atoms with Crippen molar-refractivity contribution in [1.29, 1.82) is 0 Å². The summed E-state index contributed by atoms with van der Waals surface area (Å²) < 4.78 is 29.4. The van der Waals surface area contributed by atoms with Crippen LogP contribution in [0.5, 0.6) is 0 Å². The van der Waals surface area contributed by atoms with Crippen molar-refractivity contribution in [3.05, 3.63) is 36.0 Å². The Balaban J connectivity index is 1.81. The monoisotopic (exact) mass is 607 g/mol. The second kappa shape index (κ2) is 15.3. The average Bonchev–Trinajstić information content (AvgIpc) is 3.73. The third-order valence-corrected chi connectivity index (χ3v) is 9.05.